The van der Waals surface area contributed by atoms with Crippen LogP contribution in [0.15, 0.2) is 0 Å². The second-order valence-electron chi connectivity index (χ2n) is 4.50. The predicted molar refractivity (Wildman–Crippen MR) is 55.9 cm³/mol. The molecule has 16 heavy (non-hydrogen) atoms. The number of hydrogen-bond donors (Lipinski definition) is 0. The fraction of sp³-hybridized carbons (Fsp3) is 0.727. The number of fused-ring (bicyclic) bond motifs is 1. The van der Waals surface area contributed by atoms with Crippen LogP contribution in [0.4, 0.5) is 0 Å². The lowest BCUT2D eigenvalue weighted by molar-refractivity contribution is -0.146. The Morgan fingerprint density at radius 2 is 2.31 bits per heavy atom. The summed E-state index contributed by atoms with van der Waals surface area (Å²) < 4.78 is 7.23. The Balaban J connectivity index is 1.94. The SMILES string of the molecule is CCOC(=O)C1(c2nnc3n2CCC3)CC1. The van der Waals surface area contributed by atoms with E-state index < -0.39 is 5.41 Å². The summed E-state index contributed by atoms with van der Waals surface area (Å²) in [4.78, 5) is 11.9. The summed E-state index contributed by atoms with van der Waals surface area (Å²) in [5, 5.41) is 8.34. The van der Waals surface area contributed by atoms with E-state index in [1.165, 1.54) is 0 Å². The second-order valence-corrected chi connectivity index (χ2v) is 4.50. The number of esters is 1. The molecule has 1 fully saturated rings. The van der Waals surface area contributed by atoms with Gasteiger partial charge in [-0.15, -0.1) is 10.2 Å². The van der Waals surface area contributed by atoms with E-state index in [4.69, 9.17) is 4.74 Å². The second kappa shape index (κ2) is 3.30. The highest BCUT2D eigenvalue weighted by atomic mass is 16.5. The molecule has 5 heteroatoms. The van der Waals surface area contributed by atoms with Gasteiger partial charge in [-0.3, -0.25) is 4.79 Å². The molecule has 2 aliphatic rings. The van der Waals surface area contributed by atoms with Crippen molar-refractivity contribution in [2.75, 3.05) is 6.61 Å². The van der Waals surface area contributed by atoms with E-state index in [2.05, 4.69) is 14.8 Å². The summed E-state index contributed by atoms with van der Waals surface area (Å²) in [5.74, 6) is 1.72. The van der Waals surface area contributed by atoms with Gasteiger partial charge in [-0.05, 0) is 26.2 Å². The van der Waals surface area contributed by atoms with Gasteiger partial charge in [0.05, 0.1) is 6.61 Å². The van der Waals surface area contributed by atoms with Crippen LogP contribution >= 0.6 is 0 Å². The summed E-state index contributed by atoms with van der Waals surface area (Å²) in [6.45, 7) is 3.21. The van der Waals surface area contributed by atoms with Crippen molar-refractivity contribution in [1.82, 2.24) is 14.8 Å². The van der Waals surface area contributed by atoms with Gasteiger partial charge in [-0.2, -0.15) is 0 Å². The van der Waals surface area contributed by atoms with E-state index in [9.17, 15) is 4.79 Å². The van der Waals surface area contributed by atoms with Crippen LogP contribution in [-0.4, -0.2) is 27.3 Å². The van der Waals surface area contributed by atoms with Gasteiger partial charge in [0.25, 0.3) is 0 Å². The first-order chi connectivity index (χ1) is 7.78. The number of nitrogens with zero attached hydrogens (tertiary/aromatic N) is 3. The van der Waals surface area contributed by atoms with Crippen LogP contribution in [0.25, 0.3) is 0 Å². The molecular formula is C11H15N3O2. The molecular weight excluding hydrogens is 206 g/mol. The molecule has 0 unspecified atom stereocenters. The minimum atomic E-state index is -0.467. The Morgan fingerprint density at radius 3 is 3.00 bits per heavy atom. The smallest absolute Gasteiger partial charge is 0.319 e. The summed E-state index contributed by atoms with van der Waals surface area (Å²) in [6.07, 6.45) is 3.79. The van der Waals surface area contributed by atoms with Crippen LogP contribution in [-0.2, 0) is 27.9 Å². The maximum atomic E-state index is 11.9. The summed E-state index contributed by atoms with van der Waals surface area (Å²) in [7, 11) is 0. The minimum absolute atomic E-state index is 0.128. The molecule has 2 heterocycles. The molecule has 3 rings (SSSR count). The van der Waals surface area contributed by atoms with Gasteiger partial charge in [0.1, 0.15) is 11.2 Å². The zero-order chi connectivity index (χ0) is 11.2. The lowest BCUT2D eigenvalue weighted by Gasteiger charge is -2.13. The molecule has 5 nitrogen and oxygen atoms in total. The maximum Gasteiger partial charge on any atom is 0.319 e. The van der Waals surface area contributed by atoms with E-state index in [0.29, 0.717) is 6.61 Å². The van der Waals surface area contributed by atoms with E-state index in [1.54, 1.807) is 0 Å². The summed E-state index contributed by atoms with van der Waals surface area (Å²) in [5.41, 5.74) is -0.467. The number of ether oxygens (including phenoxy) is 1. The highest BCUT2D eigenvalue weighted by molar-refractivity contribution is 5.85. The number of hydrogen-bond acceptors (Lipinski definition) is 4. The third-order valence-electron chi connectivity index (χ3n) is 3.45. The molecule has 1 aliphatic heterocycles. The molecule has 0 N–H and O–H groups in total. The normalized spacial score (nSPS) is 20.6. The van der Waals surface area contributed by atoms with Crippen molar-refractivity contribution in [3.8, 4) is 0 Å². The first kappa shape index (κ1) is 9.81. The Kier molecular flexibility index (Phi) is 2.02. The van der Waals surface area contributed by atoms with E-state index in [1.807, 2.05) is 6.92 Å². The van der Waals surface area contributed by atoms with Crippen molar-refractivity contribution < 1.29 is 9.53 Å². The molecule has 1 aromatic rings. The molecule has 0 atom stereocenters. The minimum Gasteiger partial charge on any atom is -0.465 e. The lowest BCUT2D eigenvalue weighted by Crippen LogP contribution is -2.27. The van der Waals surface area contributed by atoms with Crippen LogP contribution in [0.5, 0.6) is 0 Å². The van der Waals surface area contributed by atoms with Gasteiger partial charge in [-0.25, -0.2) is 0 Å². The van der Waals surface area contributed by atoms with Crippen LogP contribution in [0, 0.1) is 0 Å². The third kappa shape index (κ3) is 1.20. The predicted octanol–water partition coefficient (Wildman–Crippen LogP) is 0.819. The monoisotopic (exact) mass is 221 g/mol. The first-order valence-corrected chi connectivity index (χ1v) is 5.88. The molecule has 0 aromatic carbocycles. The maximum absolute atomic E-state index is 11.9. The van der Waals surface area contributed by atoms with Crippen LogP contribution in [0.3, 0.4) is 0 Å². The van der Waals surface area contributed by atoms with Gasteiger partial charge in [0.2, 0.25) is 0 Å². The van der Waals surface area contributed by atoms with Gasteiger partial charge >= 0.3 is 5.97 Å². The highest BCUT2D eigenvalue weighted by Crippen LogP contribution is 2.49. The molecule has 0 spiro atoms. The van der Waals surface area contributed by atoms with E-state index in [-0.39, 0.29) is 5.97 Å². The highest BCUT2D eigenvalue weighted by Gasteiger charge is 2.57. The van der Waals surface area contributed by atoms with Gasteiger partial charge in [-0.1, -0.05) is 0 Å². The van der Waals surface area contributed by atoms with Crippen molar-refractivity contribution in [2.45, 2.75) is 44.6 Å². The van der Waals surface area contributed by atoms with E-state index >= 15 is 0 Å². The number of rotatable bonds is 3. The first-order valence-electron chi connectivity index (χ1n) is 5.88. The Morgan fingerprint density at radius 1 is 1.50 bits per heavy atom. The van der Waals surface area contributed by atoms with E-state index in [0.717, 1.165) is 43.9 Å². The standard InChI is InChI=1S/C11H15N3O2/c1-2-16-10(15)11(5-6-11)9-13-12-8-4-3-7-14(8)9/h2-7H2,1H3. The molecule has 1 aliphatic carbocycles. The lowest BCUT2D eigenvalue weighted by atomic mass is 10.1. The quantitative estimate of drug-likeness (QED) is 0.709. The van der Waals surface area contributed by atoms with Crippen LogP contribution in [0.1, 0.15) is 37.8 Å². The number of aromatic nitrogens is 3. The average molecular weight is 221 g/mol. The van der Waals surface area contributed by atoms with Crippen molar-refractivity contribution in [2.24, 2.45) is 0 Å². The fourth-order valence-corrected chi connectivity index (χ4v) is 2.42. The molecule has 86 valence electrons. The third-order valence-corrected chi connectivity index (χ3v) is 3.45. The number of aryl methyl sites for hydroxylation is 1. The van der Waals surface area contributed by atoms with Crippen molar-refractivity contribution in [3.63, 3.8) is 0 Å². The average Bonchev–Trinajstić information content (AvgIpc) is 2.77. The van der Waals surface area contributed by atoms with Crippen molar-refractivity contribution in [3.05, 3.63) is 11.6 Å². The Hall–Kier alpha value is -1.39. The topological polar surface area (TPSA) is 57.0 Å². The number of carbonyl (C=O) groups is 1. The molecule has 0 amide bonds. The Bertz CT molecular complexity index is 434. The van der Waals surface area contributed by atoms with Crippen molar-refractivity contribution in [1.29, 1.82) is 0 Å². The summed E-state index contributed by atoms with van der Waals surface area (Å²) in [6, 6.07) is 0. The molecule has 0 bridgehead atoms. The molecule has 0 saturated heterocycles. The molecule has 1 saturated carbocycles. The fourth-order valence-electron chi connectivity index (χ4n) is 2.42. The zero-order valence-corrected chi connectivity index (χ0v) is 9.40. The zero-order valence-electron chi connectivity index (χ0n) is 9.40. The summed E-state index contributed by atoms with van der Waals surface area (Å²) >= 11 is 0. The molecule has 0 radical (unpaired) electrons. The van der Waals surface area contributed by atoms with Gasteiger partial charge in [0.15, 0.2) is 5.82 Å². The Labute approximate surface area is 93.8 Å². The van der Waals surface area contributed by atoms with Gasteiger partial charge < -0.3 is 9.30 Å². The van der Waals surface area contributed by atoms with Crippen LogP contribution in [0.2, 0.25) is 0 Å². The largest absolute Gasteiger partial charge is 0.465 e. The van der Waals surface area contributed by atoms with Crippen LogP contribution < -0.4 is 0 Å². The number of carbonyl (C=O) groups excluding carboxylic acids is 1. The van der Waals surface area contributed by atoms with Gasteiger partial charge in [0, 0.05) is 13.0 Å². The molecule has 1 aromatic heterocycles. The van der Waals surface area contributed by atoms with Crippen molar-refractivity contribution >= 4 is 5.97 Å².